The summed E-state index contributed by atoms with van der Waals surface area (Å²) in [6.07, 6.45) is 1.61. The Balaban J connectivity index is 1.91. The van der Waals surface area contributed by atoms with Crippen LogP contribution in [0.5, 0.6) is 0 Å². The maximum Gasteiger partial charge on any atom is 0.244 e. The van der Waals surface area contributed by atoms with Crippen molar-refractivity contribution in [1.82, 2.24) is 18.9 Å². The molecule has 0 saturated carbocycles. The molecule has 2 heterocycles. The molecule has 3 rings (SSSR count). The van der Waals surface area contributed by atoms with Crippen LogP contribution < -0.4 is 0 Å². The summed E-state index contributed by atoms with van der Waals surface area (Å²) in [6.45, 7) is 6.61. The molecule has 0 unspecified atom stereocenters. The number of fused-ring (bicyclic) bond motifs is 1. The van der Waals surface area contributed by atoms with Gasteiger partial charge in [-0.1, -0.05) is 55.4 Å². The molecule has 3 aromatic rings. The second-order valence-electron chi connectivity index (χ2n) is 5.94. The van der Waals surface area contributed by atoms with Gasteiger partial charge in [0.1, 0.15) is 0 Å². The molecule has 0 fully saturated rings. The quantitative estimate of drug-likeness (QED) is 0.579. The van der Waals surface area contributed by atoms with Gasteiger partial charge in [-0.25, -0.2) is 8.42 Å². The van der Waals surface area contributed by atoms with Crippen molar-refractivity contribution in [3.8, 4) is 0 Å². The zero-order chi connectivity index (χ0) is 18.7. The first-order valence-electron chi connectivity index (χ1n) is 8.49. The monoisotopic (exact) mass is 390 g/mol. The first-order valence-corrected chi connectivity index (χ1v) is 10.9. The van der Waals surface area contributed by atoms with Crippen LogP contribution in [0.15, 0.2) is 52.6 Å². The van der Waals surface area contributed by atoms with Crippen LogP contribution in [0.1, 0.15) is 25.0 Å². The van der Waals surface area contributed by atoms with Crippen molar-refractivity contribution < 1.29 is 8.42 Å². The van der Waals surface area contributed by atoms with E-state index < -0.39 is 10.0 Å². The molecule has 0 saturated heterocycles. The van der Waals surface area contributed by atoms with Gasteiger partial charge in [0.25, 0.3) is 0 Å². The highest BCUT2D eigenvalue weighted by molar-refractivity contribution is 7.98. The number of aryl methyl sites for hydroxylation is 1. The molecule has 0 aliphatic carbocycles. The average Bonchev–Trinajstić information content (AvgIpc) is 3.03. The minimum absolute atomic E-state index is 0.255. The van der Waals surface area contributed by atoms with Gasteiger partial charge in [-0.15, -0.1) is 10.2 Å². The Morgan fingerprint density at radius 2 is 1.88 bits per heavy atom. The van der Waals surface area contributed by atoms with Crippen LogP contribution in [0.4, 0.5) is 0 Å². The molecule has 138 valence electrons. The molecule has 6 nitrogen and oxygen atoms in total. The molecular formula is C18H22N4O2S2. The fourth-order valence-corrected chi connectivity index (χ4v) is 5.08. The smallest absolute Gasteiger partial charge is 0.244 e. The number of thioether (sulfide) groups is 1. The molecular weight excluding hydrogens is 368 g/mol. The number of nitrogens with zero attached hydrogens (tertiary/aromatic N) is 4. The van der Waals surface area contributed by atoms with Crippen LogP contribution >= 0.6 is 11.8 Å². The predicted molar refractivity (Wildman–Crippen MR) is 104 cm³/mol. The fraction of sp³-hybridized carbons (Fsp3) is 0.333. The summed E-state index contributed by atoms with van der Waals surface area (Å²) in [6, 6.07) is 11.6. The van der Waals surface area contributed by atoms with Crippen LogP contribution in [0.3, 0.4) is 0 Å². The number of aromatic nitrogens is 3. The zero-order valence-electron chi connectivity index (χ0n) is 15.1. The molecule has 0 aliphatic heterocycles. The minimum atomic E-state index is -3.51. The van der Waals surface area contributed by atoms with Gasteiger partial charge < -0.3 is 0 Å². The number of sulfonamides is 1. The summed E-state index contributed by atoms with van der Waals surface area (Å²) in [7, 11) is -3.51. The molecule has 2 aromatic heterocycles. The molecule has 0 amide bonds. The van der Waals surface area contributed by atoms with Crippen molar-refractivity contribution in [3.05, 3.63) is 53.7 Å². The fourth-order valence-electron chi connectivity index (χ4n) is 2.76. The van der Waals surface area contributed by atoms with E-state index in [1.165, 1.54) is 27.2 Å². The van der Waals surface area contributed by atoms with Gasteiger partial charge in [0.05, 0.1) is 4.90 Å². The molecule has 0 aliphatic rings. The number of rotatable bonds is 7. The van der Waals surface area contributed by atoms with E-state index in [1.54, 1.807) is 22.7 Å². The summed E-state index contributed by atoms with van der Waals surface area (Å²) in [5.74, 6) is 0.746. The van der Waals surface area contributed by atoms with Gasteiger partial charge in [-0.2, -0.15) is 4.31 Å². The molecule has 0 radical (unpaired) electrons. The molecule has 0 atom stereocenters. The predicted octanol–water partition coefficient (Wildman–Crippen LogP) is 3.36. The largest absolute Gasteiger partial charge is 0.276 e. The summed E-state index contributed by atoms with van der Waals surface area (Å²) >= 11 is 1.54. The molecule has 0 bridgehead atoms. The third-order valence-corrected chi connectivity index (χ3v) is 7.19. The zero-order valence-corrected chi connectivity index (χ0v) is 16.7. The first kappa shape index (κ1) is 18.9. The SMILES string of the molecule is CCN(CC)S(=O)(=O)c1ccc2nnc(SCc3cccc(C)c3)n2c1. The Bertz CT molecular complexity index is 1010. The van der Waals surface area contributed by atoms with Gasteiger partial charge in [0.15, 0.2) is 10.8 Å². The average molecular weight is 391 g/mol. The topological polar surface area (TPSA) is 67.6 Å². The van der Waals surface area contributed by atoms with E-state index in [9.17, 15) is 8.42 Å². The Morgan fingerprint density at radius 3 is 2.58 bits per heavy atom. The molecule has 26 heavy (non-hydrogen) atoms. The Hall–Kier alpha value is -1.90. The second-order valence-corrected chi connectivity index (χ2v) is 8.82. The van der Waals surface area contributed by atoms with E-state index >= 15 is 0 Å². The van der Waals surface area contributed by atoms with E-state index in [0.717, 1.165) is 5.75 Å². The summed E-state index contributed by atoms with van der Waals surface area (Å²) in [4.78, 5) is 0.255. The number of pyridine rings is 1. The lowest BCUT2D eigenvalue weighted by Crippen LogP contribution is -2.30. The van der Waals surface area contributed by atoms with Gasteiger partial charge in [0, 0.05) is 25.0 Å². The highest BCUT2D eigenvalue weighted by Gasteiger charge is 2.22. The van der Waals surface area contributed by atoms with Crippen molar-refractivity contribution in [3.63, 3.8) is 0 Å². The van der Waals surface area contributed by atoms with Crippen LogP contribution in [0, 0.1) is 6.92 Å². The number of hydrogen-bond donors (Lipinski definition) is 0. The van der Waals surface area contributed by atoms with Crippen molar-refractivity contribution in [2.24, 2.45) is 0 Å². The van der Waals surface area contributed by atoms with Gasteiger partial charge in [0.2, 0.25) is 10.0 Å². The lowest BCUT2D eigenvalue weighted by Gasteiger charge is -2.18. The van der Waals surface area contributed by atoms with Gasteiger partial charge in [-0.3, -0.25) is 4.40 Å². The van der Waals surface area contributed by atoms with Crippen LogP contribution in [-0.2, 0) is 15.8 Å². The van der Waals surface area contributed by atoms with Crippen LogP contribution in [0.25, 0.3) is 5.65 Å². The maximum atomic E-state index is 12.8. The first-order chi connectivity index (χ1) is 12.5. The highest BCUT2D eigenvalue weighted by Crippen LogP contribution is 2.24. The molecule has 1 aromatic carbocycles. The summed E-state index contributed by atoms with van der Waals surface area (Å²) < 4.78 is 28.7. The normalized spacial score (nSPS) is 12.2. The van der Waals surface area contributed by atoms with Crippen LogP contribution in [-0.4, -0.2) is 40.4 Å². The lowest BCUT2D eigenvalue weighted by atomic mass is 10.2. The lowest BCUT2D eigenvalue weighted by molar-refractivity contribution is 0.445. The van der Waals surface area contributed by atoms with Crippen molar-refractivity contribution in [2.75, 3.05) is 13.1 Å². The van der Waals surface area contributed by atoms with E-state index in [2.05, 4.69) is 35.3 Å². The van der Waals surface area contributed by atoms with Gasteiger partial charge >= 0.3 is 0 Å². The number of hydrogen-bond acceptors (Lipinski definition) is 5. The Morgan fingerprint density at radius 1 is 1.12 bits per heavy atom. The van der Waals surface area contributed by atoms with E-state index in [0.29, 0.717) is 23.9 Å². The summed E-state index contributed by atoms with van der Waals surface area (Å²) in [5.41, 5.74) is 3.04. The third kappa shape index (κ3) is 3.77. The minimum Gasteiger partial charge on any atom is -0.276 e. The van der Waals surface area contributed by atoms with E-state index in [4.69, 9.17) is 0 Å². The third-order valence-electron chi connectivity index (χ3n) is 4.14. The standard InChI is InChI=1S/C18H22N4O2S2/c1-4-21(5-2)26(23,24)16-9-10-17-19-20-18(22(17)12-16)25-13-15-8-6-7-14(3)11-15/h6-12H,4-5,13H2,1-3H3. The highest BCUT2D eigenvalue weighted by atomic mass is 32.2. The Kier molecular flexibility index (Phi) is 5.64. The van der Waals surface area contributed by atoms with E-state index in [1.807, 2.05) is 19.9 Å². The summed E-state index contributed by atoms with van der Waals surface area (Å²) in [5, 5.41) is 9.03. The van der Waals surface area contributed by atoms with Crippen molar-refractivity contribution in [2.45, 2.75) is 36.6 Å². The van der Waals surface area contributed by atoms with Crippen molar-refractivity contribution in [1.29, 1.82) is 0 Å². The number of benzene rings is 1. The second kappa shape index (κ2) is 7.77. The Labute approximate surface area is 158 Å². The molecule has 8 heteroatoms. The molecule has 0 spiro atoms. The van der Waals surface area contributed by atoms with Crippen molar-refractivity contribution >= 4 is 27.4 Å². The maximum absolute atomic E-state index is 12.8. The van der Waals surface area contributed by atoms with Crippen LogP contribution in [0.2, 0.25) is 0 Å². The van der Waals surface area contributed by atoms with E-state index in [-0.39, 0.29) is 4.90 Å². The molecule has 0 N–H and O–H groups in total. The van der Waals surface area contributed by atoms with Gasteiger partial charge in [-0.05, 0) is 24.6 Å².